The number of fused-ring (bicyclic) bond motifs is 2. The van der Waals surface area contributed by atoms with Crippen molar-refractivity contribution in [1.29, 1.82) is 0 Å². The maximum Gasteiger partial charge on any atom is 0.253 e. The summed E-state index contributed by atoms with van der Waals surface area (Å²) in [5, 5.41) is 11.1. The minimum atomic E-state index is -0.117. The zero-order chi connectivity index (χ0) is 27.9. The van der Waals surface area contributed by atoms with Crippen molar-refractivity contribution in [1.82, 2.24) is 24.5 Å². The zero-order valence-electron chi connectivity index (χ0n) is 22.8. The van der Waals surface area contributed by atoms with Crippen molar-refractivity contribution in [2.75, 3.05) is 36.5 Å². The second-order valence-electron chi connectivity index (χ2n) is 10.8. The van der Waals surface area contributed by atoms with Crippen LogP contribution >= 0.6 is 0 Å². The third-order valence-corrected chi connectivity index (χ3v) is 7.85. The van der Waals surface area contributed by atoms with Crippen LogP contribution in [0.25, 0.3) is 27.7 Å². The average molecular weight is 550 g/mol. The van der Waals surface area contributed by atoms with Crippen LogP contribution in [-0.4, -0.2) is 57.3 Å². The Hall–Kier alpha value is -4.70. The van der Waals surface area contributed by atoms with E-state index in [0.29, 0.717) is 23.7 Å². The molecule has 2 fully saturated rings. The topological polar surface area (TPSA) is 106 Å². The van der Waals surface area contributed by atoms with Gasteiger partial charge in [0.1, 0.15) is 0 Å². The number of nitrogens with zero attached hydrogens (tertiary/aromatic N) is 5. The number of carbonyl (C=O) groups excluding carboxylic acids is 2. The molecule has 10 nitrogen and oxygen atoms in total. The lowest BCUT2D eigenvalue weighted by Gasteiger charge is -2.28. The molecule has 0 unspecified atom stereocenters. The van der Waals surface area contributed by atoms with Gasteiger partial charge in [0, 0.05) is 61.6 Å². The van der Waals surface area contributed by atoms with Gasteiger partial charge in [-0.2, -0.15) is 4.98 Å². The van der Waals surface area contributed by atoms with Gasteiger partial charge >= 0.3 is 0 Å². The standard InChI is InChI=1S/C31H31N7O3/c1-36-19-26(30(40)32-18-20-2-7-24(8-3-20)37-12-14-41-15-13-37)25-16-22(6-9-27(25)36)23-10-11-38-28(17-23)33-31(35-38)34-29(39)21-4-5-21/h2-3,6-11,16-17,19,21H,4-5,12-15,18H2,1H3,(H,32,40)(H,34,35,39). The maximum atomic E-state index is 13.3. The quantitative estimate of drug-likeness (QED) is 0.318. The zero-order valence-corrected chi connectivity index (χ0v) is 22.8. The molecule has 5 aromatic rings. The first kappa shape index (κ1) is 25.3. The SMILES string of the molecule is Cn1cc(C(=O)NCc2ccc(N3CCOCC3)cc2)c2cc(-c3ccn4nc(NC(=O)C5CC5)nc4c3)ccc21. The molecule has 2 amide bonds. The second kappa shape index (κ2) is 10.4. The molecule has 208 valence electrons. The van der Waals surface area contributed by atoms with E-state index in [1.165, 1.54) is 5.69 Å². The van der Waals surface area contributed by atoms with Gasteiger partial charge in [0.2, 0.25) is 11.9 Å². The van der Waals surface area contributed by atoms with Gasteiger partial charge in [-0.3, -0.25) is 14.9 Å². The Morgan fingerprint density at radius 2 is 1.78 bits per heavy atom. The van der Waals surface area contributed by atoms with E-state index in [0.717, 1.165) is 66.7 Å². The van der Waals surface area contributed by atoms with Crippen molar-refractivity contribution in [3.8, 4) is 11.1 Å². The van der Waals surface area contributed by atoms with E-state index in [4.69, 9.17) is 4.74 Å². The number of hydrogen-bond donors (Lipinski definition) is 2. The number of benzene rings is 2. The lowest BCUT2D eigenvalue weighted by molar-refractivity contribution is -0.117. The van der Waals surface area contributed by atoms with Crippen LogP contribution in [0.5, 0.6) is 0 Å². The van der Waals surface area contributed by atoms with Crippen LogP contribution in [0, 0.1) is 5.92 Å². The molecule has 2 aliphatic rings. The summed E-state index contributed by atoms with van der Waals surface area (Å²) >= 11 is 0. The van der Waals surface area contributed by atoms with Crippen molar-refractivity contribution in [2.45, 2.75) is 19.4 Å². The van der Waals surface area contributed by atoms with Crippen LogP contribution < -0.4 is 15.5 Å². The Bertz CT molecular complexity index is 1760. The van der Waals surface area contributed by atoms with E-state index in [-0.39, 0.29) is 17.7 Å². The fraction of sp³-hybridized carbons (Fsp3) is 0.290. The summed E-state index contributed by atoms with van der Waals surface area (Å²) in [7, 11) is 1.95. The Morgan fingerprint density at radius 3 is 2.56 bits per heavy atom. The van der Waals surface area contributed by atoms with Gasteiger partial charge < -0.3 is 19.5 Å². The highest BCUT2D eigenvalue weighted by Gasteiger charge is 2.30. The molecule has 0 spiro atoms. The molecule has 41 heavy (non-hydrogen) atoms. The van der Waals surface area contributed by atoms with Crippen LogP contribution in [0.3, 0.4) is 0 Å². The minimum Gasteiger partial charge on any atom is -0.378 e. The van der Waals surface area contributed by atoms with Crippen LogP contribution in [0.15, 0.2) is 67.0 Å². The largest absolute Gasteiger partial charge is 0.378 e. The predicted molar refractivity (Wildman–Crippen MR) is 157 cm³/mol. The number of pyridine rings is 1. The summed E-state index contributed by atoms with van der Waals surface area (Å²) in [4.78, 5) is 32.2. The predicted octanol–water partition coefficient (Wildman–Crippen LogP) is 4.00. The normalized spacial score (nSPS) is 15.4. The summed E-state index contributed by atoms with van der Waals surface area (Å²) in [5.41, 5.74) is 6.37. The van der Waals surface area contributed by atoms with Crippen LogP contribution in [0.4, 0.5) is 11.6 Å². The molecule has 0 bridgehead atoms. The summed E-state index contributed by atoms with van der Waals surface area (Å²) < 4.78 is 9.07. The summed E-state index contributed by atoms with van der Waals surface area (Å²) in [6.45, 7) is 3.74. The average Bonchev–Trinajstić information content (AvgIpc) is 3.71. The molecule has 0 radical (unpaired) electrons. The van der Waals surface area contributed by atoms with Crippen molar-refractivity contribution in [3.63, 3.8) is 0 Å². The molecule has 4 heterocycles. The number of carbonyl (C=O) groups is 2. The molecular weight excluding hydrogens is 518 g/mol. The molecule has 3 aromatic heterocycles. The van der Waals surface area contributed by atoms with Gasteiger partial charge in [0.05, 0.1) is 18.8 Å². The first-order chi connectivity index (χ1) is 20.0. The number of nitrogens with one attached hydrogen (secondary N) is 2. The molecule has 0 atom stereocenters. The summed E-state index contributed by atoms with van der Waals surface area (Å²) in [6.07, 6.45) is 5.56. The van der Waals surface area contributed by atoms with Gasteiger partial charge in [0.25, 0.3) is 5.91 Å². The fourth-order valence-electron chi connectivity index (χ4n) is 5.35. The number of aromatic nitrogens is 4. The van der Waals surface area contributed by atoms with E-state index in [9.17, 15) is 9.59 Å². The smallest absolute Gasteiger partial charge is 0.253 e. The van der Waals surface area contributed by atoms with E-state index in [1.807, 2.05) is 54.3 Å². The molecule has 2 N–H and O–H groups in total. The number of hydrogen-bond acceptors (Lipinski definition) is 6. The monoisotopic (exact) mass is 549 g/mol. The number of rotatable bonds is 7. The van der Waals surface area contributed by atoms with Gasteiger partial charge in [-0.25, -0.2) is 4.52 Å². The van der Waals surface area contributed by atoms with Gasteiger partial charge in [-0.1, -0.05) is 18.2 Å². The second-order valence-corrected chi connectivity index (χ2v) is 10.8. The van der Waals surface area contributed by atoms with Crippen molar-refractivity contribution >= 4 is 40.0 Å². The first-order valence-electron chi connectivity index (χ1n) is 14.0. The van der Waals surface area contributed by atoms with E-state index >= 15 is 0 Å². The van der Waals surface area contributed by atoms with Crippen LogP contribution in [-0.2, 0) is 23.1 Å². The number of amides is 2. The highest BCUT2D eigenvalue weighted by Crippen LogP contribution is 2.31. The molecule has 7 rings (SSSR count). The molecule has 1 saturated heterocycles. The number of anilines is 2. The molecule has 2 aromatic carbocycles. The molecule has 10 heteroatoms. The highest BCUT2D eigenvalue weighted by molar-refractivity contribution is 6.08. The minimum absolute atomic E-state index is 0.0218. The lowest BCUT2D eigenvalue weighted by atomic mass is 10.0. The molecular formula is C31H31N7O3. The van der Waals surface area contributed by atoms with Gasteiger partial charge in [-0.15, -0.1) is 5.10 Å². The van der Waals surface area contributed by atoms with E-state index in [1.54, 1.807) is 4.52 Å². The van der Waals surface area contributed by atoms with Crippen molar-refractivity contribution < 1.29 is 14.3 Å². The van der Waals surface area contributed by atoms with Gasteiger partial charge in [-0.05, 0) is 65.9 Å². The van der Waals surface area contributed by atoms with Crippen molar-refractivity contribution in [3.05, 3.63) is 78.1 Å². The van der Waals surface area contributed by atoms with Crippen molar-refractivity contribution in [2.24, 2.45) is 13.0 Å². The van der Waals surface area contributed by atoms with Crippen LogP contribution in [0.1, 0.15) is 28.8 Å². The maximum absolute atomic E-state index is 13.3. The number of aryl methyl sites for hydroxylation is 1. The Morgan fingerprint density at radius 1 is 1.00 bits per heavy atom. The van der Waals surface area contributed by atoms with E-state index < -0.39 is 0 Å². The number of ether oxygens (including phenoxy) is 1. The highest BCUT2D eigenvalue weighted by atomic mass is 16.5. The third kappa shape index (κ3) is 5.14. The Labute approximate surface area is 236 Å². The summed E-state index contributed by atoms with van der Waals surface area (Å²) in [5.74, 6) is 0.259. The number of morpholine rings is 1. The Kier molecular flexibility index (Phi) is 6.39. The molecule has 1 aliphatic heterocycles. The summed E-state index contributed by atoms with van der Waals surface area (Å²) in [6, 6.07) is 18.3. The molecule has 1 saturated carbocycles. The lowest BCUT2D eigenvalue weighted by Crippen LogP contribution is -2.36. The Balaban J connectivity index is 1.09. The third-order valence-electron chi connectivity index (χ3n) is 7.85. The first-order valence-corrected chi connectivity index (χ1v) is 14.0. The fourth-order valence-corrected chi connectivity index (χ4v) is 5.35. The van der Waals surface area contributed by atoms with Crippen LogP contribution in [0.2, 0.25) is 0 Å². The van der Waals surface area contributed by atoms with Gasteiger partial charge in [0.15, 0.2) is 5.65 Å². The van der Waals surface area contributed by atoms with E-state index in [2.05, 4.69) is 49.9 Å². The molecule has 1 aliphatic carbocycles.